The van der Waals surface area contributed by atoms with E-state index in [-0.39, 0.29) is 0 Å². The van der Waals surface area contributed by atoms with Gasteiger partial charge in [-0.2, -0.15) is 12.6 Å². The van der Waals surface area contributed by atoms with Crippen LogP contribution in [0.3, 0.4) is 0 Å². The first-order valence-corrected chi connectivity index (χ1v) is 3.78. The van der Waals surface area contributed by atoms with E-state index < -0.39 is 0 Å². The Labute approximate surface area is 57.9 Å². The van der Waals surface area contributed by atoms with Gasteiger partial charge >= 0.3 is 0 Å². The molecule has 1 aromatic heterocycles. The molecule has 3 heteroatoms. The standard InChI is InChI=1S/C5H7NS2/c6-4-1-2-8-5(4)3-7/h1-2,7H,3,6H2. The molecule has 0 aliphatic carbocycles. The number of hydrogen-bond donors (Lipinski definition) is 2. The first-order chi connectivity index (χ1) is 3.84. The first kappa shape index (κ1) is 5.98. The molecule has 1 heterocycles. The maximum atomic E-state index is 5.51. The zero-order valence-electron chi connectivity index (χ0n) is 4.29. The average molecular weight is 145 g/mol. The van der Waals surface area contributed by atoms with Crippen molar-refractivity contribution in [3.63, 3.8) is 0 Å². The predicted octanol–water partition coefficient (Wildman–Crippen LogP) is 1.76. The number of thiol groups is 1. The largest absolute Gasteiger partial charge is 0.398 e. The van der Waals surface area contributed by atoms with Gasteiger partial charge in [-0.1, -0.05) is 0 Å². The van der Waals surface area contributed by atoms with Gasteiger partial charge in [0.15, 0.2) is 0 Å². The molecule has 0 bridgehead atoms. The van der Waals surface area contributed by atoms with Crippen molar-refractivity contribution in [2.24, 2.45) is 0 Å². The van der Waals surface area contributed by atoms with Gasteiger partial charge in [-0.3, -0.25) is 0 Å². The Hall–Kier alpha value is -0.150. The fourth-order valence-corrected chi connectivity index (χ4v) is 1.54. The second-order valence-corrected chi connectivity index (χ2v) is 2.77. The van der Waals surface area contributed by atoms with Gasteiger partial charge in [-0.25, -0.2) is 0 Å². The van der Waals surface area contributed by atoms with Gasteiger partial charge in [0.25, 0.3) is 0 Å². The quantitative estimate of drug-likeness (QED) is 0.579. The summed E-state index contributed by atoms with van der Waals surface area (Å²) in [7, 11) is 0. The molecular formula is C5H7NS2. The number of rotatable bonds is 1. The number of thiophene rings is 1. The molecule has 0 radical (unpaired) electrons. The van der Waals surface area contributed by atoms with E-state index in [4.69, 9.17) is 5.73 Å². The zero-order chi connectivity index (χ0) is 5.98. The van der Waals surface area contributed by atoms with Crippen LogP contribution in [0.25, 0.3) is 0 Å². The molecule has 0 spiro atoms. The maximum absolute atomic E-state index is 5.51. The Kier molecular flexibility index (Phi) is 1.81. The van der Waals surface area contributed by atoms with Crippen molar-refractivity contribution in [2.45, 2.75) is 5.75 Å². The SMILES string of the molecule is Nc1ccsc1CS. The van der Waals surface area contributed by atoms with Gasteiger partial charge in [-0.05, 0) is 11.4 Å². The van der Waals surface area contributed by atoms with Crippen molar-refractivity contribution in [1.29, 1.82) is 0 Å². The number of anilines is 1. The van der Waals surface area contributed by atoms with Crippen LogP contribution in [0.4, 0.5) is 5.69 Å². The lowest BCUT2D eigenvalue weighted by molar-refractivity contribution is 1.56. The van der Waals surface area contributed by atoms with Crippen LogP contribution >= 0.6 is 24.0 Å². The van der Waals surface area contributed by atoms with Crippen molar-refractivity contribution in [3.05, 3.63) is 16.3 Å². The predicted molar refractivity (Wildman–Crippen MR) is 41.4 cm³/mol. The van der Waals surface area contributed by atoms with E-state index in [1.54, 1.807) is 11.3 Å². The van der Waals surface area contributed by atoms with Crippen molar-refractivity contribution in [1.82, 2.24) is 0 Å². The van der Waals surface area contributed by atoms with Crippen molar-refractivity contribution in [3.8, 4) is 0 Å². The molecule has 0 aliphatic heterocycles. The Bertz CT molecular complexity index is 171. The Morgan fingerprint density at radius 2 is 2.50 bits per heavy atom. The minimum absolute atomic E-state index is 0.753. The minimum Gasteiger partial charge on any atom is -0.398 e. The highest BCUT2D eigenvalue weighted by Crippen LogP contribution is 2.19. The fourth-order valence-electron chi connectivity index (χ4n) is 0.479. The normalized spacial score (nSPS) is 9.62. The van der Waals surface area contributed by atoms with Crippen LogP contribution in [-0.4, -0.2) is 0 Å². The lowest BCUT2D eigenvalue weighted by Gasteiger charge is -1.87. The molecule has 0 saturated heterocycles. The fraction of sp³-hybridized carbons (Fsp3) is 0.200. The summed E-state index contributed by atoms with van der Waals surface area (Å²) in [5.41, 5.74) is 6.38. The number of hydrogen-bond acceptors (Lipinski definition) is 3. The van der Waals surface area contributed by atoms with Crippen LogP contribution in [0.15, 0.2) is 11.4 Å². The van der Waals surface area contributed by atoms with Crippen molar-refractivity contribution >= 4 is 29.7 Å². The second-order valence-electron chi connectivity index (χ2n) is 1.46. The summed E-state index contributed by atoms with van der Waals surface area (Å²) < 4.78 is 0. The molecule has 1 aromatic rings. The summed E-state index contributed by atoms with van der Waals surface area (Å²) in [5, 5.41) is 1.97. The summed E-state index contributed by atoms with van der Waals surface area (Å²) in [6, 6.07) is 1.90. The van der Waals surface area contributed by atoms with E-state index in [2.05, 4.69) is 12.6 Å². The average Bonchev–Trinajstić information content (AvgIpc) is 2.14. The Morgan fingerprint density at radius 3 is 2.75 bits per heavy atom. The van der Waals surface area contributed by atoms with E-state index >= 15 is 0 Å². The summed E-state index contributed by atoms with van der Waals surface area (Å²) in [6.07, 6.45) is 0. The third-order valence-electron chi connectivity index (χ3n) is 0.923. The van der Waals surface area contributed by atoms with Crippen molar-refractivity contribution < 1.29 is 0 Å². The number of nitrogens with two attached hydrogens (primary N) is 1. The molecule has 44 valence electrons. The van der Waals surface area contributed by atoms with Gasteiger partial charge < -0.3 is 5.73 Å². The smallest absolute Gasteiger partial charge is 0.0463 e. The Morgan fingerprint density at radius 1 is 1.75 bits per heavy atom. The van der Waals surface area contributed by atoms with Gasteiger partial charge in [0, 0.05) is 16.3 Å². The molecule has 8 heavy (non-hydrogen) atoms. The molecule has 0 fully saturated rings. The van der Waals surface area contributed by atoms with Crippen molar-refractivity contribution in [2.75, 3.05) is 5.73 Å². The van der Waals surface area contributed by atoms with Crippen LogP contribution in [0.5, 0.6) is 0 Å². The molecule has 1 rings (SSSR count). The third kappa shape index (κ3) is 0.980. The highest BCUT2D eigenvalue weighted by Gasteiger charge is 1.94. The first-order valence-electron chi connectivity index (χ1n) is 2.27. The topological polar surface area (TPSA) is 26.0 Å². The molecule has 0 amide bonds. The monoisotopic (exact) mass is 145 g/mol. The molecular weight excluding hydrogens is 138 g/mol. The Balaban J connectivity index is 2.92. The van der Waals surface area contributed by atoms with Gasteiger partial charge in [0.2, 0.25) is 0 Å². The molecule has 0 atom stereocenters. The van der Waals surface area contributed by atoms with Gasteiger partial charge in [-0.15, -0.1) is 11.3 Å². The maximum Gasteiger partial charge on any atom is 0.0463 e. The molecule has 0 aliphatic rings. The van der Waals surface area contributed by atoms with E-state index in [1.165, 1.54) is 0 Å². The van der Waals surface area contributed by atoms with E-state index in [9.17, 15) is 0 Å². The molecule has 0 saturated carbocycles. The number of nitrogen functional groups attached to an aromatic ring is 1. The summed E-state index contributed by atoms with van der Waals surface area (Å²) in [6.45, 7) is 0. The van der Waals surface area contributed by atoms with E-state index in [0.717, 1.165) is 16.3 Å². The molecule has 2 N–H and O–H groups in total. The lowest BCUT2D eigenvalue weighted by atomic mass is 10.4. The third-order valence-corrected chi connectivity index (χ3v) is 2.39. The van der Waals surface area contributed by atoms with E-state index in [0.29, 0.717) is 0 Å². The zero-order valence-corrected chi connectivity index (χ0v) is 6.01. The van der Waals surface area contributed by atoms with E-state index in [1.807, 2.05) is 11.4 Å². The van der Waals surface area contributed by atoms with Crippen LogP contribution in [0.1, 0.15) is 4.88 Å². The minimum atomic E-state index is 0.753. The van der Waals surface area contributed by atoms with Gasteiger partial charge in [0.1, 0.15) is 0 Å². The summed E-state index contributed by atoms with van der Waals surface area (Å²) in [5.74, 6) is 0.753. The molecule has 1 nitrogen and oxygen atoms in total. The van der Waals surface area contributed by atoms with Crippen LogP contribution in [-0.2, 0) is 5.75 Å². The summed E-state index contributed by atoms with van der Waals surface area (Å²) >= 11 is 5.72. The highest BCUT2D eigenvalue weighted by molar-refractivity contribution is 7.79. The molecule has 0 aromatic carbocycles. The van der Waals surface area contributed by atoms with Crippen LogP contribution in [0, 0.1) is 0 Å². The summed E-state index contributed by atoms with van der Waals surface area (Å²) in [4.78, 5) is 1.16. The molecule has 0 unspecified atom stereocenters. The van der Waals surface area contributed by atoms with Gasteiger partial charge in [0.05, 0.1) is 0 Å². The van der Waals surface area contributed by atoms with Crippen LogP contribution in [0.2, 0.25) is 0 Å². The lowest BCUT2D eigenvalue weighted by Crippen LogP contribution is -1.83. The second kappa shape index (κ2) is 2.42. The van der Waals surface area contributed by atoms with Crippen LogP contribution < -0.4 is 5.73 Å². The highest BCUT2D eigenvalue weighted by atomic mass is 32.1.